The molecule has 0 unspecified atom stereocenters. The highest BCUT2D eigenvalue weighted by Gasteiger charge is 2.40. The van der Waals surface area contributed by atoms with Crippen LogP contribution in [0.1, 0.15) is 23.3 Å². The summed E-state index contributed by atoms with van der Waals surface area (Å²) < 4.78 is 27.1. The summed E-state index contributed by atoms with van der Waals surface area (Å²) in [6, 6.07) is 0.103. The highest BCUT2D eigenvalue weighted by atomic mass is 32.2. The number of aromatic nitrogens is 1. The van der Waals surface area contributed by atoms with Crippen molar-refractivity contribution in [2.75, 3.05) is 6.54 Å². The number of carbonyl (C=O) groups excluding carboxylic acids is 1. The van der Waals surface area contributed by atoms with Crippen LogP contribution in [0.15, 0.2) is 17.2 Å². The van der Waals surface area contributed by atoms with Gasteiger partial charge < -0.3 is 15.4 Å². The van der Waals surface area contributed by atoms with E-state index in [4.69, 9.17) is 10.8 Å². The van der Waals surface area contributed by atoms with Crippen molar-refractivity contribution in [3.63, 3.8) is 0 Å². The molecule has 1 saturated heterocycles. The number of carbonyl (C=O) groups is 2. The molecular formula is C11H15N3O5S. The smallest absolute Gasteiger partial charge is 0.322 e. The molecule has 110 valence electrons. The van der Waals surface area contributed by atoms with E-state index in [0.29, 0.717) is 6.42 Å². The lowest BCUT2D eigenvalue weighted by Crippen LogP contribution is -2.40. The lowest BCUT2D eigenvalue weighted by molar-refractivity contribution is -0.140. The SMILES string of the molecule is Cn1cc(S(=O)(=O)N2CCC[C@@H]2C(=O)O)cc1C(N)=O. The van der Waals surface area contributed by atoms with Crippen LogP contribution in [0.4, 0.5) is 0 Å². The zero-order valence-corrected chi connectivity index (χ0v) is 11.6. The van der Waals surface area contributed by atoms with Gasteiger partial charge in [0.2, 0.25) is 10.0 Å². The summed E-state index contributed by atoms with van der Waals surface area (Å²) in [5.41, 5.74) is 5.19. The number of aliphatic carboxylic acids is 1. The molecule has 0 aliphatic carbocycles. The van der Waals surface area contributed by atoms with Crippen LogP contribution in [0.5, 0.6) is 0 Å². The Bertz CT molecular complexity index is 664. The molecule has 1 aromatic rings. The Morgan fingerprint density at radius 2 is 2.10 bits per heavy atom. The molecule has 0 bridgehead atoms. The van der Waals surface area contributed by atoms with E-state index < -0.39 is 27.9 Å². The van der Waals surface area contributed by atoms with Gasteiger partial charge in [-0.1, -0.05) is 0 Å². The van der Waals surface area contributed by atoms with E-state index in [1.165, 1.54) is 17.8 Å². The summed E-state index contributed by atoms with van der Waals surface area (Å²) in [4.78, 5) is 22.1. The van der Waals surface area contributed by atoms with Crippen LogP contribution in [0.3, 0.4) is 0 Å². The Labute approximate surface area is 115 Å². The fourth-order valence-electron chi connectivity index (χ4n) is 2.33. The second-order valence-corrected chi connectivity index (χ2v) is 6.54. The van der Waals surface area contributed by atoms with Gasteiger partial charge in [-0.2, -0.15) is 4.31 Å². The summed E-state index contributed by atoms with van der Waals surface area (Å²) in [6.45, 7) is 0.153. The molecule has 3 N–H and O–H groups in total. The lowest BCUT2D eigenvalue weighted by Gasteiger charge is -2.19. The van der Waals surface area contributed by atoms with Gasteiger partial charge in [0.25, 0.3) is 5.91 Å². The highest BCUT2D eigenvalue weighted by molar-refractivity contribution is 7.89. The monoisotopic (exact) mass is 301 g/mol. The first kappa shape index (κ1) is 14.5. The van der Waals surface area contributed by atoms with Gasteiger partial charge in [-0.3, -0.25) is 9.59 Å². The summed E-state index contributed by atoms with van der Waals surface area (Å²) in [6.07, 6.45) is 2.03. The average molecular weight is 301 g/mol. The standard InChI is InChI=1S/C11H15N3O5S/c1-13-6-7(5-9(13)10(12)15)20(18,19)14-4-2-3-8(14)11(16)17/h5-6,8H,2-4H2,1H3,(H2,12,15)(H,16,17)/t8-/m1/s1. The number of primary amides is 1. The minimum atomic E-state index is -3.94. The lowest BCUT2D eigenvalue weighted by atomic mass is 10.2. The quantitative estimate of drug-likeness (QED) is 0.766. The fraction of sp³-hybridized carbons (Fsp3) is 0.455. The van der Waals surface area contributed by atoms with E-state index in [1.54, 1.807) is 0 Å². The molecule has 1 aliphatic heterocycles. The first-order valence-electron chi connectivity index (χ1n) is 5.96. The summed E-state index contributed by atoms with van der Waals surface area (Å²) >= 11 is 0. The van der Waals surface area contributed by atoms with Crippen LogP contribution in [0.25, 0.3) is 0 Å². The van der Waals surface area contributed by atoms with Crippen LogP contribution in [0.2, 0.25) is 0 Å². The number of carboxylic acids is 1. The van der Waals surface area contributed by atoms with Crippen LogP contribution in [0, 0.1) is 0 Å². The zero-order valence-electron chi connectivity index (χ0n) is 10.8. The van der Waals surface area contributed by atoms with E-state index in [9.17, 15) is 18.0 Å². The Morgan fingerprint density at radius 1 is 1.45 bits per heavy atom. The van der Waals surface area contributed by atoms with Crippen molar-refractivity contribution in [3.05, 3.63) is 18.0 Å². The third-order valence-corrected chi connectivity index (χ3v) is 5.20. The van der Waals surface area contributed by atoms with Gasteiger partial charge in [0, 0.05) is 19.8 Å². The predicted molar refractivity (Wildman–Crippen MR) is 68.5 cm³/mol. The molecule has 0 radical (unpaired) electrons. The molecule has 1 aliphatic rings. The third-order valence-electron chi connectivity index (χ3n) is 3.33. The average Bonchev–Trinajstić information content (AvgIpc) is 2.94. The number of aryl methyl sites for hydroxylation is 1. The van der Waals surface area contributed by atoms with Crippen molar-refractivity contribution in [2.45, 2.75) is 23.8 Å². The number of hydrogen-bond acceptors (Lipinski definition) is 4. The van der Waals surface area contributed by atoms with Gasteiger partial charge in [-0.05, 0) is 18.9 Å². The van der Waals surface area contributed by atoms with E-state index in [-0.39, 0.29) is 23.6 Å². The van der Waals surface area contributed by atoms with Crippen molar-refractivity contribution in [2.24, 2.45) is 12.8 Å². The van der Waals surface area contributed by atoms with Gasteiger partial charge >= 0.3 is 5.97 Å². The molecule has 1 fully saturated rings. The molecule has 1 aromatic heterocycles. The maximum absolute atomic E-state index is 12.4. The first-order valence-corrected chi connectivity index (χ1v) is 7.40. The van der Waals surface area contributed by atoms with Crippen LogP contribution < -0.4 is 5.73 Å². The van der Waals surface area contributed by atoms with Crippen LogP contribution in [-0.2, 0) is 21.9 Å². The number of rotatable bonds is 4. The number of hydrogen-bond donors (Lipinski definition) is 2. The normalized spacial score (nSPS) is 20.1. The molecule has 1 atom stereocenters. The molecule has 2 rings (SSSR count). The number of carboxylic acid groups (broad SMARTS) is 1. The maximum atomic E-state index is 12.4. The number of nitrogens with two attached hydrogens (primary N) is 1. The molecule has 0 spiro atoms. The van der Waals surface area contributed by atoms with Gasteiger partial charge in [0.15, 0.2) is 0 Å². The van der Waals surface area contributed by atoms with Crippen molar-refractivity contribution in [1.29, 1.82) is 0 Å². The molecule has 9 heteroatoms. The molecule has 8 nitrogen and oxygen atoms in total. The molecule has 2 heterocycles. The van der Waals surface area contributed by atoms with Crippen molar-refractivity contribution < 1.29 is 23.1 Å². The van der Waals surface area contributed by atoms with Gasteiger partial charge in [-0.25, -0.2) is 8.42 Å². The van der Waals surface area contributed by atoms with Crippen molar-refractivity contribution in [1.82, 2.24) is 8.87 Å². The molecule has 0 saturated carbocycles. The Morgan fingerprint density at radius 3 is 2.60 bits per heavy atom. The molecule has 1 amide bonds. The third kappa shape index (κ3) is 2.29. The summed E-state index contributed by atoms with van der Waals surface area (Å²) in [5.74, 6) is -1.91. The topological polar surface area (TPSA) is 123 Å². The minimum Gasteiger partial charge on any atom is -0.480 e. The van der Waals surface area contributed by atoms with Crippen molar-refractivity contribution >= 4 is 21.9 Å². The van der Waals surface area contributed by atoms with Crippen LogP contribution >= 0.6 is 0 Å². The fourth-order valence-corrected chi connectivity index (χ4v) is 4.05. The Balaban J connectivity index is 2.43. The van der Waals surface area contributed by atoms with E-state index in [0.717, 1.165) is 10.4 Å². The number of sulfonamides is 1. The van der Waals surface area contributed by atoms with Gasteiger partial charge in [0.05, 0.1) is 0 Å². The Kier molecular flexibility index (Phi) is 3.57. The van der Waals surface area contributed by atoms with E-state index in [1.807, 2.05) is 0 Å². The second kappa shape index (κ2) is 4.91. The molecular weight excluding hydrogens is 286 g/mol. The predicted octanol–water partition coefficient (Wildman–Crippen LogP) is -0.638. The van der Waals surface area contributed by atoms with E-state index >= 15 is 0 Å². The summed E-state index contributed by atoms with van der Waals surface area (Å²) in [7, 11) is -2.45. The van der Waals surface area contributed by atoms with E-state index in [2.05, 4.69) is 0 Å². The van der Waals surface area contributed by atoms with Crippen LogP contribution in [-0.4, -0.2) is 46.9 Å². The van der Waals surface area contributed by atoms with Crippen molar-refractivity contribution in [3.8, 4) is 0 Å². The first-order chi connectivity index (χ1) is 9.25. The zero-order chi connectivity index (χ0) is 15.1. The van der Waals surface area contributed by atoms with Gasteiger partial charge in [0.1, 0.15) is 16.6 Å². The molecule has 20 heavy (non-hydrogen) atoms. The number of nitrogens with zero attached hydrogens (tertiary/aromatic N) is 2. The summed E-state index contributed by atoms with van der Waals surface area (Å²) in [5, 5.41) is 9.06. The number of amides is 1. The minimum absolute atomic E-state index is 0.0506. The largest absolute Gasteiger partial charge is 0.480 e. The highest BCUT2D eigenvalue weighted by Crippen LogP contribution is 2.27. The second-order valence-electron chi connectivity index (χ2n) is 4.65. The Hall–Kier alpha value is -1.87. The molecule has 0 aromatic carbocycles. The van der Waals surface area contributed by atoms with Gasteiger partial charge in [-0.15, -0.1) is 0 Å². The maximum Gasteiger partial charge on any atom is 0.322 e.